The summed E-state index contributed by atoms with van der Waals surface area (Å²) in [6, 6.07) is 0. The van der Waals surface area contributed by atoms with Crippen LogP contribution in [0, 0.1) is 17.3 Å². The summed E-state index contributed by atoms with van der Waals surface area (Å²) in [5, 5.41) is 4.17. The lowest BCUT2D eigenvalue weighted by molar-refractivity contribution is 0.469. The van der Waals surface area contributed by atoms with Gasteiger partial charge >= 0.3 is 0 Å². The van der Waals surface area contributed by atoms with Gasteiger partial charge in [-0.3, -0.25) is 0 Å². The second-order valence-electron chi connectivity index (χ2n) is 6.13. The molecule has 1 rings (SSSR count). The van der Waals surface area contributed by atoms with Crippen molar-refractivity contribution in [2.45, 2.75) is 41.5 Å². The van der Waals surface area contributed by atoms with Gasteiger partial charge in [0.1, 0.15) is 10.3 Å². The first-order valence-corrected chi connectivity index (χ1v) is 6.13. The van der Waals surface area contributed by atoms with Crippen LogP contribution in [0.4, 0.5) is 0 Å². The van der Waals surface area contributed by atoms with Gasteiger partial charge in [0.2, 0.25) is 0 Å². The molecule has 0 atom stereocenters. The van der Waals surface area contributed by atoms with Crippen molar-refractivity contribution in [3.63, 3.8) is 0 Å². The summed E-state index contributed by atoms with van der Waals surface area (Å²) in [6.45, 7) is 12.7. The second kappa shape index (κ2) is 4.27. The van der Waals surface area contributed by atoms with Gasteiger partial charge in [-0.05, 0) is 22.0 Å². The third-order valence-corrected chi connectivity index (χ3v) is 2.98. The molecule has 0 amide bonds. The largest absolute Gasteiger partial charge is 0.337 e. The van der Waals surface area contributed by atoms with Gasteiger partial charge in [-0.2, -0.15) is 0 Å². The van der Waals surface area contributed by atoms with E-state index in [1.807, 2.05) is 0 Å². The highest BCUT2D eigenvalue weighted by Gasteiger charge is 2.32. The molecule has 2 radical (unpaired) electrons. The number of hydrogen-bond acceptors (Lipinski definition) is 1. The van der Waals surface area contributed by atoms with Crippen LogP contribution in [0.1, 0.15) is 41.5 Å². The van der Waals surface area contributed by atoms with E-state index in [1.54, 1.807) is 0 Å². The molecule has 0 aromatic heterocycles. The van der Waals surface area contributed by atoms with E-state index in [0.29, 0.717) is 10.3 Å². The Morgan fingerprint density at radius 2 is 1.12 bits per heavy atom. The molecular formula is C13H19Cl2N. The highest BCUT2D eigenvalue weighted by molar-refractivity contribution is 6.34. The van der Waals surface area contributed by atoms with Crippen LogP contribution in [-0.4, -0.2) is 0 Å². The van der Waals surface area contributed by atoms with Gasteiger partial charge in [-0.25, -0.2) is 0 Å². The van der Waals surface area contributed by atoms with E-state index in [4.69, 9.17) is 23.2 Å². The SMILES string of the molecule is CC(C)(C)C1=C(Cl)NC(Cl)=C(C(C)(C)C)[C]1. The first-order chi connectivity index (χ1) is 7.03. The predicted octanol–water partition coefficient (Wildman–Crippen LogP) is 4.66. The van der Waals surface area contributed by atoms with Crippen molar-refractivity contribution < 1.29 is 0 Å². The van der Waals surface area contributed by atoms with Crippen LogP contribution in [0.5, 0.6) is 0 Å². The van der Waals surface area contributed by atoms with Gasteiger partial charge in [0.25, 0.3) is 0 Å². The fraction of sp³-hybridized carbons (Fsp3) is 0.615. The first-order valence-electron chi connectivity index (χ1n) is 5.38. The van der Waals surface area contributed by atoms with Crippen LogP contribution < -0.4 is 5.32 Å². The lowest BCUT2D eigenvalue weighted by Crippen LogP contribution is -2.27. The third kappa shape index (κ3) is 2.95. The lowest BCUT2D eigenvalue weighted by Gasteiger charge is -2.34. The maximum atomic E-state index is 6.16. The molecule has 0 saturated heterocycles. The second-order valence-corrected chi connectivity index (χ2v) is 6.88. The topological polar surface area (TPSA) is 12.0 Å². The van der Waals surface area contributed by atoms with E-state index < -0.39 is 0 Å². The van der Waals surface area contributed by atoms with Crippen molar-refractivity contribution in [2.75, 3.05) is 0 Å². The normalized spacial score (nSPS) is 19.0. The van der Waals surface area contributed by atoms with E-state index in [-0.39, 0.29) is 10.8 Å². The molecular weight excluding hydrogens is 241 g/mol. The molecule has 1 aliphatic heterocycles. The Labute approximate surface area is 109 Å². The summed E-state index contributed by atoms with van der Waals surface area (Å²) in [5.41, 5.74) is 1.86. The van der Waals surface area contributed by atoms with Gasteiger partial charge in [0.05, 0.1) is 0 Å². The molecule has 0 aromatic carbocycles. The summed E-state index contributed by atoms with van der Waals surface area (Å²) in [6.07, 6.45) is 3.37. The molecule has 0 bridgehead atoms. The van der Waals surface area contributed by atoms with Crippen molar-refractivity contribution in [3.05, 3.63) is 27.9 Å². The Kier molecular flexibility index (Phi) is 3.71. The smallest absolute Gasteiger partial charge is 0.108 e. The maximum absolute atomic E-state index is 6.16. The zero-order valence-electron chi connectivity index (χ0n) is 10.8. The van der Waals surface area contributed by atoms with Crippen LogP contribution in [0.25, 0.3) is 0 Å². The average molecular weight is 260 g/mol. The average Bonchev–Trinajstić information content (AvgIpc) is 1.97. The number of halogens is 2. The number of hydrogen-bond donors (Lipinski definition) is 1. The zero-order valence-corrected chi connectivity index (χ0v) is 12.3. The first kappa shape index (κ1) is 13.9. The minimum absolute atomic E-state index is 0.0435. The minimum atomic E-state index is -0.0435. The van der Waals surface area contributed by atoms with E-state index in [9.17, 15) is 0 Å². The molecule has 1 aliphatic rings. The van der Waals surface area contributed by atoms with Crippen LogP contribution in [0.15, 0.2) is 21.5 Å². The number of rotatable bonds is 0. The Morgan fingerprint density at radius 3 is 1.38 bits per heavy atom. The highest BCUT2D eigenvalue weighted by Crippen LogP contribution is 2.42. The van der Waals surface area contributed by atoms with Crippen LogP contribution in [-0.2, 0) is 0 Å². The maximum Gasteiger partial charge on any atom is 0.108 e. The van der Waals surface area contributed by atoms with Crippen molar-refractivity contribution in [2.24, 2.45) is 10.8 Å². The van der Waals surface area contributed by atoms with Crippen molar-refractivity contribution in [1.29, 1.82) is 0 Å². The Hall–Kier alpha value is -0.140. The van der Waals surface area contributed by atoms with Crippen molar-refractivity contribution in [1.82, 2.24) is 5.32 Å². The Bertz CT molecular complexity index is 317. The van der Waals surface area contributed by atoms with Crippen LogP contribution in [0.3, 0.4) is 0 Å². The molecule has 0 fully saturated rings. The Morgan fingerprint density at radius 1 is 0.812 bits per heavy atom. The van der Waals surface area contributed by atoms with Crippen molar-refractivity contribution >= 4 is 23.2 Å². The van der Waals surface area contributed by atoms with Gasteiger partial charge < -0.3 is 5.32 Å². The molecule has 0 spiro atoms. The fourth-order valence-corrected chi connectivity index (χ4v) is 2.39. The number of nitrogens with one attached hydrogen (secondary N) is 1. The van der Waals surface area contributed by atoms with E-state index in [1.165, 1.54) is 0 Å². The minimum Gasteiger partial charge on any atom is -0.337 e. The molecule has 90 valence electrons. The third-order valence-electron chi connectivity index (χ3n) is 2.41. The van der Waals surface area contributed by atoms with Crippen LogP contribution in [0.2, 0.25) is 0 Å². The van der Waals surface area contributed by atoms with Gasteiger partial charge in [-0.1, -0.05) is 64.7 Å². The predicted molar refractivity (Wildman–Crippen MR) is 71.0 cm³/mol. The molecule has 16 heavy (non-hydrogen) atoms. The molecule has 1 nitrogen and oxygen atoms in total. The molecule has 0 saturated carbocycles. The lowest BCUT2D eigenvalue weighted by atomic mass is 9.76. The standard InChI is InChI=1S/C13H19Cl2N/c1-12(2,3)8-7-9(13(4,5)6)11(15)16-10(8)14/h16H,1-6H3. The van der Waals surface area contributed by atoms with E-state index in [0.717, 1.165) is 11.1 Å². The fourth-order valence-electron chi connectivity index (χ4n) is 1.49. The number of dihydropyridines is 1. The summed E-state index contributed by atoms with van der Waals surface area (Å²) < 4.78 is 0. The van der Waals surface area contributed by atoms with Crippen LogP contribution >= 0.6 is 23.2 Å². The molecule has 1 heterocycles. The monoisotopic (exact) mass is 259 g/mol. The molecule has 0 aliphatic carbocycles. The molecule has 1 N–H and O–H groups in total. The highest BCUT2D eigenvalue weighted by atomic mass is 35.5. The van der Waals surface area contributed by atoms with E-state index >= 15 is 0 Å². The van der Waals surface area contributed by atoms with Crippen molar-refractivity contribution in [3.8, 4) is 0 Å². The molecule has 3 heteroatoms. The zero-order chi connectivity index (χ0) is 12.7. The Balaban J connectivity index is 3.10. The van der Waals surface area contributed by atoms with Gasteiger partial charge in [0, 0.05) is 6.42 Å². The quantitative estimate of drug-likeness (QED) is 0.624. The van der Waals surface area contributed by atoms with E-state index in [2.05, 4.69) is 53.3 Å². The summed E-state index contributed by atoms with van der Waals surface area (Å²) >= 11 is 12.3. The molecule has 0 unspecified atom stereocenters. The summed E-state index contributed by atoms with van der Waals surface area (Å²) in [5.74, 6) is 0. The summed E-state index contributed by atoms with van der Waals surface area (Å²) in [4.78, 5) is 0. The van der Waals surface area contributed by atoms with Gasteiger partial charge in [-0.15, -0.1) is 0 Å². The number of allylic oxidation sites excluding steroid dienone is 2. The van der Waals surface area contributed by atoms with Gasteiger partial charge in [0.15, 0.2) is 0 Å². The summed E-state index contributed by atoms with van der Waals surface area (Å²) in [7, 11) is 0. The molecule has 0 aromatic rings.